The van der Waals surface area contributed by atoms with Gasteiger partial charge < -0.3 is 0 Å². The van der Waals surface area contributed by atoms with Crippen molar-refractivity contribution in [3.8, 4) is 0 Å². The summed E-state index contributed by atoms with van der Waals surface area (Å²) in [6, 6.07) is 10.5. The Bertz CT molecular complexity index is 290. The van der Waals surface area contributed by atoms with E-state index in [9.17, 15) is 0 Å². The lowest BCUT2D eigenvalue weighted by atomic mass is 10.1. The molecule has 1 rings (SSSR count). The van der Waals surface area contributed by atoms with Crippen LogP contribution >= 0.6 is 11.1 Å². The van der Waals surface area contributed by atoms with E-state index >= 15 is 0 Å². The van der Waals surface area contributed by atoms with E-state index < -0.39 is 7.38 Å². The van der Waals surface area contributed by atoms with Crippen LogP contribution in [0.2, 0.25) is 11.6 Å². The van der Waals surface area contributed by atoms with Crippen molar-refractivity contribution in [1.29, 1.82) is 0 Å². The molecule has 0 fully saturated rings. The van der Waals surface area contributed by atoms with Crippen LogP contribution in [0.5, 0.6) is 0 Å². The summed E-state index contributed by atoms with van der Waals surface area (Å²) < 4.78 is 0. The number of benzene rings is 1. The molecule has 0 aromatic heterocycles. The fourth-order valence-corrected chi connectivity index (χ4v) is 4.52. The monoisotopic (exact) mass is 226 g/mol. The van der Waals surface area contributed by atoms with Gasteiger partial charge in [0.25, 0.3) is 0 Å². The summed E-state index contributed by atoms with van der Waals surface area (Å²) in [6.45, 7) is 9.02. The lowest BCUT2D eigenvalue weighted by Crippen LogP contribution is -2.48. The highest BCUT2D eigenvalue weighted by Gasteiger charge is 2.42. The molecule has 0 amide bonds. The average Bonchev–Trinajstić information content (AvgIpc) is 2.19. The average molecular weight is 227 g/mol. The van der Waals surface area contributed by atoms with Crippen molar-refractivity contribution in [3.63, 3.8) is 0 Å². The van der Waals surface area contributed by atoms with Crippen LogP contribution in [0.25, 0.3) is 0 Å². The predicted molar refractivity (Wildman–Crippen MR) is 67.9 cm³/mol. The van der Waals surface area contributed by atoms with Crippen molar-refractivity contribution in [2.75, 3.05) is 0 Å². The minimum atomic E-state index is -1.83. The lowest BCUT2D eigenvalue weighted by molar-refractivity contribution is 0.633. The summed E-state index contributed by atoms with van der Waals surface area (Å²) in [6.07, 6.45) is 1.13. The fraction of sp³-hybridized carbons (Fsp3) is 0.500. The summed E-state index contributed by atoms with van der Waals surface area (Å²) in [5.41, 5.74) is 0. The Morgan fingerprint density at radius 3 is 2.14 bits per heavy atom. The second-order valence-electron chi connectivity index (χ2n) is 4.61. The number of hydrogen-bond donors (Lipinski definition) is 0. The summed E-state index contributed by atoms with van der Waals surface area (Å²) in [5.74, 6) is 0. The summed E-state index contributed by atoms with van der Waals surface area (Å²) >= 11 is 6.79. The van der Waals surface area contributed by atoms with Crippen molar-refractivity contribution in [2.45, 2.75) is 38.8 Å². The molecule has 0 saturated heterocycles. The van der Waals surface area contributed by atoms with E-state index in [2.05, 4.69) is 51.6 Å². The van der Waals surface area contributed by atoms with Crippen LogP contribution in [-0.2, 0) is 0 Å². The van der Waals surface area contributed by atoms with Gasteiger partial charge in [0, 0.05) is 0 Å². The molecule has 0 radical (unpaired) electrons. The molecule has 1 aromatic rings. The molecule has 0 spiro atoms. The SMILES string of the molecule is CCC(C)(C)[Si](C)(Cl)c1ccccc1. The van der Waals surface area contributed by atoms with Gasteiger partial charge in [-0.05, 0) is 10.2 Å². The Hall–Kier alpha value is -0.273. The van der Waals surface area contributed by atoms with Crippen molar-refractivity contribution in [1.82, 2.24) is 0 Å². The third-order valence-corrected chi connectivity index (χ3v) is 9.97. The van der Waals surface area contributed by atoms with Gasteiger partial charge in [-0.1, -0.05) is 64.1 Å². The summed E-state index contributed by atoms with van der Waals surface area (Å²) in [7, 11) is -1.83. The van der Waals surface area contributed by atoms with Gasteiger partial charge in [0.15, 0.2) is 7.38 Å². The molecule has 0 N–H and O–H groups in total. The van der Waals surface area contributed by atoms with E-state index in [-0.39, 0.29) is 5.04 Å². The maximum absolute atomic E-state index is 6.79. The van der Waals surface area contributed by atoms with Crippen LogP contribution in [0.1, 0.15) is 27.2 Å². The maximum atomic E-state index is 6.79. The van der Waals surface area contributed by atoms with Crippen molar-refractivity contribution in [3.05, 3.63) is 30.3 Å². The van der Waals surface area contributed by atoms with Crippen LogP contribution in [0.4, 0.5) is 0 Å². The van der Waals surface area contributed by atoms with Crippen LogP contribution < -0.4 is 5.19 Å². The van der Waals surface area contributed by atoms with E-state index in [1.807, 2.05) is 6.07 Å². The molecule has 0 saturated carbocycles. The van der Waals surface area contributed by atoms with Crippen molar-refractivity contribution < 1.29 is 0 Å². The normalized spacial score (nSPS) is 16.4. The van der Waals surface area contributed by atoms with Crippen molar-refractivity contribution >= 4 is 23.6 Å². The topological polar surface area (TPSA) is 0 Å². The van der Waals surface area contributed by atoms with Gasteiger partial charge in [0.1, 0.15) is 0 Å². The van der Waals surface area contributed by atoms with E-state index in [4.69, 9.17) is 11.1 Å². The predicted octanol–water partition coefficient (Wildman–Crippen LogP) is 3.90. The van der Waals surface area contributed by atoms with Gasteiger partial charge in [-0.3, -0.25) is 0 Å². The van der Waals surface area contributed by atoms with Gasteiger partial charge in [0.2, 0.25) is 0 Å². The van der Waals surface area contributed by atoms with Gasteiger partial charge in [-0.15, -0.1) is 0 Å². The smallest absolute Gasteiger partial charge is 0.161 e. The third kappa shape index (κ3) is 2.04. The molecule has 0 bridgehead atoms. The Labute approximate surface area is 93.0 Å². The minimum absolute atomic E-state index is 0.246. The Morgan fingerprint density at radius 2 is 1.71 bits per heavy atom. The standard InChI is InChI=1S/C12H19ClSi/c1-5-12(2,3)14(4,13)11-9-7-6-8-10-11/h6-10H,5H2,1-4H3. The molecule has 0 aliphatic heterocycles. The largest absolute Gasteiger partial charge is 0.189 e. The maximum Gasteiger partial charge on any atom is 0.189 e. The molecule has 1 aromatic carbocycles. The second kappa shape index (κ2) is 4.07. The molecular formula is C12H19ClSi. The molecule has 0 heterocycles. The van der Waals surface area contributed by atoms with Gasteiger partial charge in [-0.2, -0.15) is 11.1 Å². The molecule has 1 atom stereocenters. The fourth-order valence-electron chi connectivity index (χ4n) is 1.47. The van der Waals surface area contributed by atoms with Crippen LogP contribution in [0, 0.1) is 0 Å². The quantitative estimate of drug-likeness (QED) is 0.542. The highest BCUT2D eigenvalue weighted by Crippen LogP contribution is 2.42. The minimum Gasteiger partial charge on any atom is -0.161 e. The van der Waals surface area contributed by atoms with Gasteiger partial charge in [-0.25, -0.2) is 0 Å². The van der Waals surface area contributed by atoms with Crippen LogP contribution in [-0.4, -0.2) is 7.38 Å². The first kappa shape index (κ1) is 11.8. The molecule has 14 heavy (non-hydrogen) atoms. The first-order valence-electron chi connectivity index (χ1n) is 5.16. The molecule has 1 unspecified atom stereocenters. The molecule has 78 valence electrons. The number of hydrogen-bond acceptors (Lipinski definition) is 0. The van der Waals surface area contributed by atoms with E-state index in [1.165, 1.54) is 5.19 Å². The first-order chi connectivity index (χ1) is 6.42. The van der Waals surface area contributed by atoms with Crippen LogP contribution in [0.3, 0.4) is 0 Å². The zero-order chi connectivity index (χ0) is 10.8. The third-order valence-electron chi connectivity index (χ3n) is 3.47. The Morgan fingerprint density at radius 1 is 1.21 bits per heavy atom. The van der Waals surface area contributed by atoms with Crippen molar-refractivity contribution in [2.24, 2.45) is 0 Å². The van der Waals surface area contributed by atoms with Gasteiger partial charge in [0.05, 0.1) is 0 Å². The second-order valence-corrected chi connectivity index (χ2v) is 10.8. The number of rotatable bonds is 3. The highest BCUT2D eigenvalue weighted by atomic mass is 35.6. The lowest BCUT2D eigenvalue weighted by Gasteiger charge is -2.37. The zero-order valence-electron chi connectivity index (χ0n) is 9.47. The molecule has 0 nitrogen and oxygen atoms in total. The zero-order valence-corrected chi connectivity index (χ0v) is 11.2. The first-order valence-corrected chi connectivity index (χ1v) is 8.67. The number of halogens is 1. The molecule has 0 aliphatic carbocycles. The Balaban J connectivity index is 3.08. The van der Waals surface area contributed by atoms with Crippen LogP contribution in [0.15, 0.2) is 30.3 Å². The Kier molecular flexibility index (Phi) is 3.43. The molecule has 0 aliphatic rings. The van der Waals surface area contributed by atoms with E-state index in [0.29, 0.717) is 0 Å². The molecule has 2 heteroatoms. The summed E-state index contributed by atoms with van der Waals surface area (Å²) in [5, 5.41) is 1.59. The highest BCUT2D eigenvalue weighted by molar-refractivity contribution is 7.28. The van der Waals surface area contributed by atoms with Gasteiger partial charge >= 0.3 is 0 Å². The van der Waals surface area contributed by atoms with E-state index in [0.717, 1.165) is 6.42 Å². The summed E-state index contributed by atoms with van der Waals surface area (Å²) in [4.78, 5) is 0. The van der Waals surface area contributed by atoms with E-state index in [1.54, 1.807) is 0 Å². The molecular weight excluding hydrogens is 208 g/mol.